The maximum Gasteiger partial charge on any atom is 0.331 e. The summed E-state index contributed by atoms with van der Waals surface area (Å²) >= 11 is 0. The van der Waals surface area contributed by atoms with E-state index < -0.39 is 79.0 Å². The van der Waals surface area contributed by atoms with Crippen molar-refractivity contribution in [3.63, 3.8) is 0 Å². The van der Waals surface area contributed by atoms with Crippen LogP contribution in [0, 0.1) is 17.8 Å². The quantitative estimate of drug-likeness (QED) is 0.151. The molecule has 0 aromatic carbocycles. The third kappa shape index (κ3) is 15.7. The van der Waals surface area contributed by atoms with Crippen LogP contribution in [0.5, 0.6) is 0 Å². The first-order valence-corrected chi connectivity index (χ1v) is 16.8. The van der Waals surface area contributed by atoms with Gasteiger partial charge in [-0.2, -0.15) is 0 Å². The van der Waals surface area contributed by atoms with Crippen LogP contribution < -0.4 is 0 Å². The van der Waals surface area contributed by atoms with Crippen LogP contribution in [0.4, 0.5) is 0 Å². The average Bonchev–Trinajstić information content (AvgIpc) is 3.34. The third-order valence-electron chi connectivity index (χ3n) is 8.74. The number of rotatable bonds is 1. The summed E-state index contributed by atoms with van der Waals surface area (Å²) in [7, 11) is 0. The molecule has 0 spiro atoms. The van der Waals surface area contributed by atoms with Gasteiger partial charge in [0.05, 0.1) is 54.9 Å². The monoisotopic (exact) mass is 666 g/mol. The number of hydrogen-bond donors (Lipinski definition) is 8. The van der Waals surface area contributed by atoms with Gasteiger partial charge in [0.1, 0.15) is 12.2 Å². The third-order valence-corrected chi connectivity index (χ3v) is 8.74. The van der Waals surface area contributed by atoms with Crippen LogP contribution in [0.25, 0.3) is 0 Å². The van der Waals surface area contributed by atoms with Crippen molar-refractivity contribution in [1.29, 1.82) is 0 Å². The second-order valence-corrected chi connectivity index (χ2v) is 13.5. The van der Waals surface area contributed by atoms with E-state index in [4.69, 9.17) is 9.47 Å². The second kappa shape index (κ2) is 21.0. The molecule has 11 nitrogen and oxygen atoms in total. The van der Waals surface area contributed by atoms with Crippen LogP contribution in [0.3, 0.4) is 0 Å². The smallest absolute Gasteiger partial charge is 0.331 e. The van der Waals surface area contributed by atoms with Crippen LogP contribution in [0.2, 0.25) is 0 Å². The number of fused-ring (bicyclic) bond motifs is 2. The molecule has 0 aromatic rings. The summed E-state index contributed by atoms with van der Waals surface area (Å²) in [6.45, 7) is 7.48. The van der Waals surface area contributed by atoms with Crippen LogP contribution in [0.15, 0.2) is 60.8 Å². The molecule has 0 unspecified atom stereocenters. The average molecular weight is 667 g/mol. The number of carbonyl (C=O) groups excluding carboxylic acids is 1. The lowest BCUT2D eigenvalue weighted by Crippen LogP contribution is -2.34. The van der Waals surface area contributed by atoms with E-state index in [1.807, 2.05) is 20.8 Å². The van der Waals surface area contributed by atoms with Crippen molar-refractivity contribution in [2.24, 2.45) is 17.8 Å². The fourth-order valence-electron chi connectivity index (χ4n) is 6.07. The van der Waals surface area contributed by atoms with E-state index in [-0.39, 0.29) is 50.4 Å². The van der Waals surface area contributed by atoms with E-state index in [2.05, 4.69) is 0 Å². The number of ether oxygens (including phenoxy) is 2. The number of hydrogen-bond acceptors (Lipinski definition) is 11. The Morgan fingerprint density at radius 1 is 0.617 bits per heavy atom. The Labute approximate surface area is 279 Å². The predicted molar refractivity (Wildman–Crippen MR) is 178 cm³/mol. The molecule has 0 radical (unpaired) electrons. The summed E-state index contributed by atoms with van der Waals surface area (Å²) < 4.78 is 11.6. The highest BCUT2D eigenvalue weighted by molar-refractivity contribution is 5.82. The minimum Gasteiger partial charge on any atom is -0.458 e. The second-order valence-electron chi connectivity index (χ2n) is 13.5. The number of esters is 1. The molecule has 13 atom stereocenters. The summed E-state index contributed by atoms with van der Waals surface area (Å²) in [6, 6.07) is 0. The zero-order valence-electron chi connectivity index (χ0n) is 28.1. The molecule has 2 bridgehead atoms. The van der Waals surface area contributed by atoms with E-state index in [1.54, 1.807) is 55.5 Å². The first-order valence-electron chi connectivity index (χ1n) is 16.8. The number of cyclic esters (lactones) is 1. The first kappa shape index (κ1) is 41.0. The van der Waals surface area contributed by atoms with Gasteiger partial charge in [-0.1, -0.05) is 82.4 Å². The Balaban J connectivity index is 2.14. The summed E-state index contributed by atoms with van der Waals surface area (Å²) in [6.07, 6.45) is 6.66. The number of aliphatic hydroxyl groups is 8. The summed E-state index contributed by atoms with van der Waals surface area (Å²) in [5.74, 6) is -1.16. The number of allylic oxidation sites excluding steroid dienone is 6. The fraction of sp³-hybridized carbons (Fsp3) is 0.694. The largest absolute Gasteiger partial charge is 0.458 e. The Bertz CT molecular complexity index is 1050. The van der Waals surface area contributed by atoms with Gasteiger partial charge in [0.25, 0.3) is 0 Å². The maximum atomic E-state index is 12.5. The van der Waals surface area contributed by atoms with Crippen molar-refractivity contribution in [1.82, 2.24) is 0 Å². The van der Waals surface area contributed by atoms with E-state index in [0.717, 1.165) is 0 Å². The Kier molecular flexibility index (Phi) is 18.3. The topological polar surface area (TPSA) is 197 Å². The molecule has 2 aliphatic rings. The van der Waals surface area contributed by atoms with E-state index in [1.165, 1.54) is 12.2 Å². The van der Waals surface area contributed by atoms with Gasteiger partial charge in [-0.25, -0.2) is 4.79 Å². The first-order chi connectivity index (χ1) is 22.2. The molecule has 0 saturated carbocycles. The van der Waals surface area contributed by atoms with Gasteiger partial charge in [-0.05, 0) is 38.0 Å². The van der Waals surface area contributed by atoms with Crippen LogP contribution in [0.1, 0.15) is 72.6 Å². The minimum atomic E-state index is -1.10. The molecule has 268 valence electrons. The lowest BCUT2D eigenvalue weighted by atomic mass is 9.90. The summed E-state index contributed by atoms with van der Waals surface area (Å²) in [5.41, 5.74) is 0. The van der Waals surface area contributed by atoms with Gasteiger partial charge in [-0.3, -0.25) is 0 Å². The van der Waals surface area contributed by atoms with Crippen molar-refractivity contribution < 1.29 is 55.1 Å². The van der Waals surface area contributed by atoms with Gasteiger partial charge in [-0.15, -0.1) is 0 Å². The lowest BCUT2D eigenvalue weighted by Gasteiger charge is -2.27. The lowest BCUT2D eigenvalue weighted by molar-refractivity contribution is -0.147. The number of aliphatic hydroxyl groups excluding tert-OH is 8. The number of carbonyl (C=O) groups is 1. The van der Waals surface area contributed by atoms with Gasteiger partial charge in [0.2, 0.25) is 0 Å². The van der Waals surface area contributed by atoms with Crippen molar-refractivity contribution in [3.05, 3.63) is 60.8 Å². The molecule has 0 aromatic heterocycles. The molecule has 11 heteroatoms. The van der Waals surface area contributed by atoms with Crippen LogP contribution in [-0.4, -0.2) is 114 Å². The highest BCUT2D eigenvalue weighted by atomic mass is 16.5. The van der Waals surface area contributed by atoms with Crippen molar-refractivity contribution >= 4 is 5.97 Å². The molecule has 8 N–H and O–H groups in total. The molecule has 2 rings (SSSR count). The Hall–Kier alpha value is -2.19. The highest BCUT2D eigenvalue weighted by Gasteiger charge is 2.38. The van der Waals surface area contributed by atoms with Gasteiger partial charge in [0, 0.05) is 30.8 Å². The Morgan fingerprint density at radius 2 is 1.13 bits per heavy atom. The highest BCUT2D eigenvalue weighted by Crippen LogP contribution is 2.30. The van der Waals surface area contributed by atoms with Crippen molar-refractivity contribution in [2.75, 3.05) is 0 Å². The van der Waals surface area contributed by atoms with Gasteiger partial charge < -0.3 is 50.3 Å². The van der Waals surface area contributed by atoms with Crippen molar-refractivity contribution in [2.45, 2.75) is 140 Å². The summed E-state index contributed by atoms with van der Waals surface area (Å²) in [4.78, 5) is 12.5. The molecule has 2 heterocycles. The molecule has 1 fully saturated rings. The molecule has 47 heavy (non-hydrogen) atoms. The minimum absolute atomic E-state index is 0.00679. The molecule has 2 aliphatic heterocycles. The molecule has 0 aliphatic carbocycles. The van der Waals surface area contributed by atoms with Crippen molar-refractivity contribution in [3.8, 4) is 0 Å². The van der Waals surface area contributed by atoms with E-state index >= 15 is 0 Å². The molecule has 1 saturated heterocycles. The normalized spacial score (nSPS) is 43.3. The Morgan fingerprint density at radius 3 is 1.70 bits per heavy atom. The van der Waals surface area contributed by atoms with Crippen LogP contribution >= 0.6 is 0 Å². The van der Waals surface area contributed by atoms with Gasteiger partial charge >= 0.3 is 5.97 Å². The molecular formula is C36H58O11. The SMILES string of the molecule is CC(C)[C@@H]1OC(=O)/C=C/C=C/C=C/C=C/[C@@H]2O[C@@H](C[C@H]2O)[C@H](C)[C@H](O)C[C@H](O)C[C@H](O)C[C@@H](O)C[C@H](O)C[C@@H](O)C[C@@H](O)/C=C/[C@@H]1C. The van der Waals surface area contributed by atoms with E-state index in [0.29, 0.717) is 6.42 Å². The standard InChI is InChI=1S/C36H58O11/c1-22(2)36-23(3)13-14-25(37)15-26(38)16-27(39)17-28(40)18-29(41)19-30(42)20-31(43)24(4)34-21-32(44)33(46-34)11-9-7-5-6-8-10-12-35(45)47-36/h5-14,22-34,36-44H,15-21H2,1-4H3/b7-5+,8-6+,11-9+,12-10+,14-13+/t23-,24+,25-,26-,27+,28-,29+,30+,31+,32+,33-,34-,36-/m0/s1. The predicted octanol–water partition coefficient (Wildman–Crippen LogP) is 2.01. The fourth-order valence-corrected chi connectivity index (χ4v) is 6.07. The van der Waals surface area contributed by atoms with E-state index in [9.17, 15) is 45.6 Å². The maximum absolute atomic E-state index is 12.5. The molecule has 0 amide bonds. The zero-order chi connectivity index (χ0) is 35.1. The molecular weight excluding hydrogens is 608 g/mol. The van der Waals surface area contributed by atoms with Crippen LogP contribution in [-0.2, 0) is 14.3 Å². The van der Waals surface area contributed by atoms with Gasteiger partial charge in [0.15, 0.2) is 0 Å². The zero-order valence-corrected chi connectivity index (χ0v) is 28.1. The summed E-state index contributed by atoms with van der Waals surface area (Å²) in [5, 5.41) is 83.8.